The minimum absolute atomic E-state index is 0.0298. The van der Waals surface area contributed by atoms with Crippen LogP contribution in [0.2, 0.25) is 5.02 Å². The highest BCUT2D eigenvalue weighted by atomic mass is 35.5. The number of hydrogen-bond donors (Lipinski definition) is 1. The van der Waals surface area contributed by atoms with Crippen LogP contribution < -0.4 is 5.32 Å². The molecule has 4 nitrogen and oxygen atoms in total. The Balaban J connectivity index is 1.43. The van der Waals surface area contributed by atoms with Gasteiger partial charge >= 0.3 is 0 Å². The largest absolute Gasteiger partial charge is 0.347 e. The summed E-state index contributed by atoms with van der Waals surface area (Å²) in [5.41, 5.74) is 2.64. The van der Waals surface area contributed by atoms with Gasteiger partial charge in [-0.2, -0.15) is 0 Å². The predicted octanol–water partition coefficient (Wildman–Crippen LogP) is 4.53. The second-order valence-corrected chi connectivity index (χ2v) is 8.22. The van der Waals surface area contributed by atoms with E-state index in [2.05, 4.69) is 5.32 Å². The first kappa shape index (κ1) is 18.7. The third kappa shape index (κ3) is 3.96. The van der Waals surface area contributed by atoms with Gasteiger partial charge in [0, 0.05) is 35.1 Å². The Morgan fingerprint density at radius 2 is 1.82 bits per heavy atom. The van der Waals surface area contributed by atoms with Crippen molar-refractivity contribution >= 4 is 34.8 Å². The summed E-state index contributed by atoms with van der Waals surface area (Å²) in [5.74, 6) is -0.0811. The van der Waals surface area contributed by atoms with E-state index >= 15 is 0 Å². The Hall–Kier alpha value is -2.63. The van der Waals surface area contributed by atoms with Gasteiger partial charge in [0.2, 0.25) is 0 Å². The van der Waals surface area contributed by atoms with Gasteiger partial charge in [0.15, 0.2) is 0 Å². The maximum absolute atomic E-state index is 12.7. The van der Waals surface area contributed by atoms with Crippen LogP contribution in [0.25, 0.3) is 0 Å². The number of carbonyl (C=O) groups excluding carboxylic acids is 2. The number of rotatable bonds is 4. The SMILES string of the molecule is O=C(NCc1ccccc1Cl)c1cc2c(s1)CCN(C(=O)c1ccccc1)C2. The van der Waals surface area contributed by atoms with Crippen LogP contribution in [0, 0.1) is 0 Å². The zero-order chi connectivity index (χ0) is 19.5. The van der Waals surface area contributed by atoms with E-state index < -0.39 is 0 Å². The molecule has 0 saturated heterocycles. The topological polar surface area (TPSA) is 49.4 Å². The van der Waals surface area contributed by atoms with Crippen LogP contribution in [0.3, 0.4) is 0 Å². The molecule has 28 heavy (non-hydrogen) atoms. The Bertz CT molecular complexity index is 1020. The number of nitrogens with one attached hydrogen (secondary N) is 1. The lowest BCUT2D eigenvalue weighted by molar-refractivity contribution is 0.0736. The lowest BCUT2D eigenvalue weighted by Gasteiger charge is -2.27. The minimum Gasteiger partial charge on any atom is -0.347 e. The molecule has 0 fully saturated rings. The van der Waals surface area contributed by atoms with Crippen molar-refractivity contribution in [3.63, 3.8) is 0 Å². The van der Waals surface area contributed by atoms with Crippen molar-refractivity contribution in [1.29, 1.82) is 0 Å². The Morgan fingerprint density at radius 3 is 2.61 bits per heavy atom. The summed E-state index contributed by atoms with van der Waals surface area (Å²) >= 11 is 7.66. The summed E-state index contributed by atoms with van der Waals surface area (Å²) in [4.78, 5) is 28.9. The molecule has 0 radical (unpaired) electrons. The van der Waals surface area contributed by atoms with Crippen molar-refractivity contribution in [2.75, 3.05) is 6.54 Å². The molecule has 0 atom stereocenters. The normalized spacial score (nSPS) is 13.1. The van der Waals surface area contributed by atoms with Crippen LogP contribution in [0.5, 0.6) is 0 Å². The van der Waals surface area contributed by atoms with E-state index in [9.17, 15) is 9.59 Å². The van der Waals surface area contributed by atoms with E-state index in [1.54, 1.807) is 0 Å². The average molecular weight is 411 g/mol. The van der Waals surface area contributed by atoms with Crippen LogP contribution in [-0.2, 0) is 19.5 Å². The maximum Gasteiger partial charge on any atom is 0.261 e. The van der Waals surface area contributed by atoms with Crippen molar-refractivity contribution in [2.45, 2.75) is 19.5 Å². The Morgan fingerprint density at radius 1 is 1.07 bits per heavy atom. The molecule has 0 unspecified atom stereocenters. The number of hydrogen-bond acceptors (Lipinski definition) is 3. The summed E-state index contributed by atoms with van der Waals surface area (Å²) in [5, 5.41) is 3.57. The van der Waals surface area contributed by atoms with Crippen molar-refractivity contribution in [3.8, 4) is 0 Å². The third-order valence-corrected chi connectivity index (χ3v) is 6.40. The van der Waals surface area contributed by atoms with Gasteiger partial charge in [0.25, 0.3) is 11.8 Å². The highest BCUT2D eigenvalue weighted by Gasteiger charge is 2.25. The molecule has 0 spiro atoms. The lowest BCUT2D eigenvalue weighted by Crippen LogP contribution is -2.35. The number of carbonyl (C=O) groups is 2. The number of thiophene rings is 1. The first-order valence-electron chi connectivity index (χ1n) is 9.09. The van der Waals surface area contributed by atoms with E-state index in [0.29, 0.717) is 35.1 Å². The molecule has 0 saturated carbocycles. The lowest BCUT2D eigenvalue weighted by atomic mass is 10.1. The second kappa shape index (κ2) is 8.17. The first-order chi connectivity index (χ1) is 13.6. The molecule has 2 aromatic carbocycles. The molecule has 1 N–H and O–H groups in total. The fourth-order valence-corrected chi connectivity index (χ4v) is 4.57. The first-order valence-corrected chi connectivity index (χ1v) is 10.3. The van der Waals surface area contributed by atoms with E-state index in [0.717, 1.165) is 17.5 Å². The van der Waals surface area contributed by atoms with E-state index in [1.807, 2.05) is 65.6 Å². The molecule has 2 amide bonds. The molecule has 1 aromatic heterocycles. The van der Waals surface area contributed by atoms with Crippen molar-refractivity contribution in [3.05, 3.63) is 92.1 Å². The fourth-order valence-electron chi connectivity index (χ4n) is 3.29. The smallest absolute Gasteiger partial charge is 0.261 e. The maximum atomic E-state index is 12.7. The van der Waals surface area contributed by atoms with Crippen LogP contribution in [0.15, 0.2) is 60.7 Å². The van der Waals surface area contributed by atoms with Crippen LogP contribution >= 0.6 is 22.9 Å². The van der Waals surface area contributed by atoms with Crippen LogP contribution in [0.4, 0.5) is 0 Å². The van der Waals surface area contributed by atoms with Crippen molar-refractivity contribution in [2.24, 2.45) is 0 Å². The molecule has 2 heterocycles. The van der Waals surface area contributed by atoms with Gasteiger partial charge in [0.1, 0.15) is 0 Å². The van der Waals surface area contributed by atoms with Crippen LogP contribution in [0.1, 0.15) is 36.0 Å². The zero-order valence-corrected chi connectivity index (χ0v) is 16.7. The minimum atomic E-state index is -0.111. The monoisotopic (exact) mass is 410 g/mol. The molecule has 6 heteroatoms. The van der Waals surface area contributed by atoms with E-state index in [1.165, 1.54) is 16.2 Å². The number of benzene rings is 2. The Labute approximate surface area is 172 Å². The highest BCUT2D eigenvalue weighted by molar-refractivity contribution is 7.14. The molecule has 1 aliphatic rings. The third-order valence-electron chi connectivity index (χ3n) is 4.80. The summed E-state index contributed by atoms with van der Waals surface area (Å²) in [6.07, 6.45) is 0.774. The van der Waals surface area contributed by atoms with E-state index in [4.69, 9.17) is 11.6 Å². The van der Waals surface area contributed by atoms with Crippen molar-refractivity contribution in [1.82, 2.24) is 10.2 Å². The van der Waals surface area contributed by atoms with Gasteiger partial charge in [-0.1, -0.05) is 48.0 Å². The van der Waals surface area contributed by atoms with Gasteiger partial charge in [-0.15, -0.1) is 11.3 Å². The van der Waals surface area contributed by atoms with E-state index in [-0.39, 0.29) is 11.8 Å². The molecule has 1 aliphatic heterocycles. The molecule has 3 aromatic rings. The molecule has 142 valence electrons. The quantitative estimate of drug-likeness (QED) is 0.687. The fraction of sp³-hybridized carbons (Fsp3) is 0.182. The predicted molar refractivity (Wildman–Crippen MR) is 112 cm³/mol. The molecular formula is C22H19ClN2O2S. The van der Waals surface area contributed by atoms with Gasteiger partial charge in [0.05, 0.1) is 4.88 Å². The number of amides is 2. The van der Waals surface area contributed by atoms with Gasteiger partial charge in [-0.05, 0) is 41.8 Å². The highest BCUT2D eigenvalue weighted by Crippen LogP contribution is 2.29. The summed E-state index contributed by atoms with van der Waals surface area (Å²) in [6.45, 7) is 1.60. The standard InChI is InChI=1S/C22H19ClN2O2S/c23-18-9-5-4-8-16(18)13-24-21(26)20-12-17-14-25(11-10-19(17)28-20)22(27)15-6-2-1-3-7-15/h1-9,12H,10-11,13-14H2,(H,24,26). The zero-order valence-electron chi connectivity index (χ0n) is 15.2. The number of fused-ring (bicyclic) bond motifs is 1. The molecule has 0 aliphatic carbocycles. The summed E-state index contributed by atoms with van der Waals surface area (Å²) < 4.78 is 0. The second-order valence-electron chi connectivity index (χ2n) is 6.68. The number of halogens is 1. The van der Waals surface area contributed by atoms with Crippen molar-refractivity contribution < 1.29 is 9.59 Å². The average Bonchev–Trinajstić information content (AvgIpc) is 3.16. The van der Waals surface area contributed by atoms with Gasteiger partial charge < -0.3 is 10.2 Å². The van der Waals surface area contributed by atoms with Crippen LogP contribution in [-0.4, -0.2) is 23.3 Å². The molecule has 0 bridgehead atoms. The summed E-state index contributed by atoms with van der Waals surface area (Å²) in [6, 6.07) is 18.7. The van der Waals surface area contributed by atoms with Gasteiger partial charge in [-0.25, -0.2) is 0 Å². The van der Waals surface area contributed by atoms with Gasteiger partial charge in [-0.3, -0.25) is 9.59 Å². The molecule has 4 rings (SSSR count). The Kier molecular flexibility index (Phi) is 5.46. The number of nitrogens with zero attached hydrogens (tertiary/aromatic N) is 1. The molecular weight excluding hydrogens is 392 g/mol. The summed E-state index contributed by atoms with van der Waals surface area (Å²) in [7, 11) is 0.